The van der Waals surface area contributed by atoms with E-state index in [-0.39, 0.29) is 5.82 Å². The number of rotatable bonds is 2. The van der Waals surface area contributed by atoms with E-state index >= 15 is 0 Å². The van der Waals surface area contributed by atoms with Crippen molar-refractivity contribution in [1.29, 1.82) is 5.26 Å². The fraction of sp³-hybridized carbons (Fsp3) is 0.143. The van der Waals surface area contributed by atoms with Crippen molar-refractivity contribution in [3.63, 3.8) is 0 Å². The van der Waals surface area contributed by atoms with Crippen LogP contribution in [0.1, 0.15) is 11.1 Å². The highest BCUT2D eigenvalue weighted by Crippen LogP contribution is 2.31. The van der Waals surface area contributed by atoms with Crippen LogP contribution in [0, 0.1) is 28.7 Å². The van der Waals surface area contributed by atoms with Gasteiger partial charge in [-0.15, -0.1) is 0 Å². The van der Waals surface area contributed by atoms with Gasteiger partial charge in [0, 0.05) is 5.56 Å². The first-order valence-corrected chi connectivity index (χ1v) is 5.95. The van der Waals surface area contributed by atoms with Gasteiger partial charge in [-0.25, -0.2) is 4.39 Å². The number of ether oxygens (including phenoxy) is 1. The van der Waals surface area contributed by atoms with Crippen molar-refractivity contribution in [2.24, 2.45) is 0 Å². The fourth-order valence-electron chi connectivity index (χ4n) is 1.87. The Morgan fingerprint density at radius 1 is 1.37 bits per heavy atom. The minimum atomic E-state index is -0.362. The second-order valence-electron chi connectivity index (χ2n) is 4.03. The van der Waals surface area contributed by atoms with Gasteiger partial charge in [-0.2, -0.15) is 5.26 Å². The van der Waals surface area contributed by atoms with E-state index in [1.807, 2.05) is 13.0 Å². The number of nitriles is 1. The number of nitrogens with zero attached hydrogens (tertiary/aromatic N) is 1. The Labute approximate surface area is 115 Å². The number of methoxy groups -OCH3 is 1. The molecule has 2 aromatic rings. The summed E-state index contributed by atoms with van der Waals surface area (Å²) in [5.41, 5.74) is 2.43. The molecule has 1 heterocycles. The van der Waals surface area contributed by atoms with E-state index in [4.69, 9.17) is 22.2 Å². The van der Waals surface area contributed by atoms with Crippen LogP contribution in [0.3, 0.4) is 0 Å². The van der Waals surface area contributed by atoms with Crippen molar-refractivity contribution < 1.29 is 9.13 Å². The van der Waals surface area contributed by atoms with Crippen LogP contribution >= 0.6 is 12.2 Å². The summed E-state index contributed by atoms with van der Waals surface area (Å²) < 4.78 is 18.9. The molecule has 0 spiro atoms. The number of nitrogens with one attached hydrogen (secondary N) is 1. The van der Waals surface area contributed by atoms with Crippen molar-refractivity contribution in [1.82, 2.24) is 4.98 Å². The first-order valence-electron chi connectivity index (χ1n) is 5.54. The Balaban J connectivity index is 2.73. The molecule has 1 N–H and O–H groups in total. The fourth-order valence-corrected chi connectivity index (χ4v) is 2.08. The number of pyridine rings is 1. The first-order chi connectivity index (χ1) is 9.06. The van der Waals surface area contributed by atoms with Crippen molar-refractivity contribution in [3.8, 4) is 23.1 Å². The third-order valence-electron chi connectivity index (χ3n) is 2.79. The lowest BCUT2D eigenvalue weighted by Gasteiger charge is -2.11. The molecule has 0 aliphatic rings. The Bertz CT molecular complexity index is 731. The van der Waals surface area contributed by atoms with Gasteiger partial charge in [0.1, 0.15) is 22.3 Å². The zero-order chi connectivity index (χ0) is 14.0. The van der Waals surface area contributed by atoms with E-state index in [0.717, 1.165) is 5.56 Å². The summed E-state index contributed by atoms with van der Waals surface area (Å²) in [5, 5.41) is 8.93. The third kappa shape index (κ3) is 2.49. The zero-order valence-electron chi connectivity index (χ0n) is 10.5. The van der Waals surface area contributed by atoms with E-state index in [1.54, 1.807) is 12.1 Å². The molecule has 2 rings (SSSR count). The minimum Gasteiger partial charge on any atom is -0.496 e. The summed E-state index contributed by atoms with van der Waals surface area (Å²) in [6.07, 6.45) is 0. The second kappa shape index (κ2) is 5.21. The minimum absolute atomic E-state index is 0.328. The van der Waals surface area contributed by atoms with Gasteiger partial charge in [0.25, 0.3) is 0 Å². The van der Waals surface area contributed by atoms with E-state index in [0.29, 0.717) is 27.2 Å². The molecule has 19 heavy (non-hydrogen) atoms. The molecule has 0 aliphatic carbocycles. The van der Waals surface area contributed by atoms with Crippen LogP contribution in [0.2, 0.25) is 0 Å². The van der Waals surface area contributed by atoms with Gasteiger partial charge in [-0.3, -0.25) is 0 Å². The van der Waals surface area contributed by atoms with Crippen LogP contribution < -0.4 is 4.74 Å². The Morgan fingerprint density at radius 3 is 2.74 bits per heavy atom. The molecule has 0 bridgehead atoms. The number of hydrogen-bond acceptors (Lipinski definition) is 3. The summed E-state index contributed by atoms with van der Waals surface area (Å²) in [7, 11) is 1.52. The number of hydrogen-bond donors (Lipinski definition) is 1. The van der Waals surface area contributed by atoms with Crippen LogP contribution in [-0.4, -0.2) is 12.1 Å². The Kier molecular flexibility index (Phi) is 3.63. The normalized spacial score (nSPS) is 10.0. The van der Waals surface area contributed by atoms with E-state index in [1.165, 1.54) is 19.2 Å². The smallest absolute Gasteiger partial charge is 0.128 e. The number of benzene rings is 1. The lowest BCUT2D eigenvalue weighted by Crippen LogP contribution is -1.96. The highest BCUT2D eigenvalue weighted by molar-refractivity contribution is 7.71. The van der Waals surface area contributed by atoms with Crippen molar-refractivity contribution in [2.75, 3.05) is 7.11 Å². The van der Waals surface area contributed by atoms with Crippen molar-refractivity contribution in [3.05, 3.63) is 45.9 Å². The molecule has 1 aromatic heterocycles. The standard InChI is InChI=1S/C14H11FN2OS/c1-8-5-9(7-16)14(19)17-13(8)11-6-10(15)3-4-12(11)18-2/h3-6H,1-2H3,(H,17,19). The van der Waals surface area contributed by atoms with Gasteiger partial charge >= 0.3 is 0 Å². The van der Waals surface area contributed by atoms with Gasteiger partial charge in [0.2, 0.25) is 0 Å². The quantitative estimate of drug-likeness (QED) is 0.849. The summed E-state index contributed by atoms with van der Waals surface area (Å²) in [6, 6.07) is 7.95. The molecule has 0 unspecified atom stereocenters. The summed E-state index contributed by atoms with van der Waals surface area (Å²) in [6.45, 7) is 1.83. The average Bonchev–Trinajstić information content (AvgIpc) is 2.40. The molecule has 0 amide bonds. The maximum absolute atomic E-state index is 13.4. The van der Waals surface area contributed by atoms with E-state index in [9.17, 15) is 4.39 Å². The molecule has 96 valence electrons. The number of aryl methyl sites for hydroxylation is 1. The molecule has 3 nitrogen and oxygen atoms in total. The van der Waals surface area contributed by atoms with Gasteiger partial charge in [0.15, 0.2) is 0 Å². The number of halogens is 1. The second-order valence-corrected chi connectivity index (χ2v) is 4.43. The molecule has 0 aliphatic heterocycles. The van der Waals surface area contributed by atoms with Gasteiger partial charge in [-0.1, -0.05) is 12.2 Å². The number of H-pyrrole nitrogens is 1. The SMILES string of the molecule is COc1ccc(F)cc1-c1[nH]c(=S)c(C#N)cc1C. The largest absolute Gasteiger partial charge is 0.496 e. The summed E-state index contributed by atoms with van der Waals surface area (Å²) >= 11 is 5.10. The summed E-state index contributed by atoms with van der Waals surface area (Å²) in [4.78, 5) is 2.96. The van der Waals surface area contributed by atoms with Crippen LogP contribution in [0.15, 0.2) is 24.3 Å². The Hall–Kier alpha value is -2.19. The van der Waals surface area contributed by atoms with Crippen molar-refractivity contribution in [2.45, 2.75) is 6.92 Å². The van der Waals surface area contributed by atoms with Crippen molar-refractivity contribution >= 4 is 12.2 Å². The monoisotopic (exact) mass is 274 g/mol. The topological polar surface area (TPSA) is 48.8 Å². The lowest BCUT2D eigenvalue weighted by molar-refractivity contribution is 0.415. The van der Waals surface area contributed by atoms with Gasteiger partial charge < -0.3 is 9.72 Å². The maximum atomic E-state index is 13.4. The average molecular weight is 274 g/mol. The molecule has 0 saturated carbocycles. The molecule has 0 fully saturated rings. The van der Waals surface area contributed by atoms with E-state index in [2.05, 4.69) is 4.98 Å². The summed E-state index contributed by atoms with van der Waals surface area (Å²) in [5.74, 6) is 0.179. The molecule has 0 radical (unpaired) electrons. The lowest BCUT2D eigenvalue weighted by atomic mass is 10.0. The molecular formula is C14H11FN2OS. The van der Waals surface area contributed by atoms with E-state index < -0.39 is 0 Å². The molecule has 5 heteroatoms. The first kappa shape index (κ1) is 13.2. The molecule has 0 atom stereocenters. The number of aromatic amines is 1. The van der Waals surface area contributed by atoms with Crippen LogP contribution in [0.5, 0.6) is 5.75 Å². The number of aromatic nitrogens is 1. The third-order valence-corrected chi connectivity index (χ3v) is 3.11. The molecule has 0 saturated heterocycles. The predicted molar refractivity (Wildman–Crippen MR) is 73.0 cm³/mol. The highest BCUT2D eigenvalue weighted by Gasteiger charge is 2.11. The predicted octanol–water partition coefficient (Wildman–Crippen LogP) is 3.74. The molecular weight excluding hydrogens is 263 g/mol. The maximum Gasteiger partial charge on any atom is 0.128 e. The van der Waals surface area contributed by atoms with Crippen LogP contribution in [0.25, 0.3) is 11.3 Å². The van der Waals surface area contributed by atoms with Crippen LogP contribution in [0.4, 0.5) is 4.39 Å². The highest BCUT2D eigenvalue weighted by atomic mass is 32.1. The van der Waals surface area contributed by atoms with Gasteiger partial charge in [0.05, 0.1) is 18.4 Å². The zero-order valence-corrected chi connectivity index (χ0v) is 11.3. The Morgan fingerprint density at radius 2 is 2.11 bits per heavy atom. The van der Waals surface area contributed by atoms with Crippen LogP contribution in [-0.2, 0) is 0 Å². The molecule has 1 aromatic carbocycles. The van der Waals surface area contributed by atoms with Gasteiger partial charge in [-0.05, 0) is 36.8 Å².